The lowest BCUT2D eigenvalue weighted by Crippen LogP contribution is -2.10. The van der Waals surface area contributed by atoms with E-state index in [0.717, 1.165) is 40.0 Å². The Morgan fingerprint density at radius 2 is 1.97 bits per heavy atom. The van der Waals surface area contributed by atoms with Crippen molar-refractivity contribution in [1.29, 1.82) is 0 Å². The van der Waals surface area contributed by atoms with Gasteiger partial charge in [0.15, 0.2) is 5.78 Å². The normalized spacial score (nSPS) is 11.1. The topological polar surface area (TPSA) is 82.8 Å². The molecule has 0 radical (unpaired) electrons. The highest BCUT2D eigenvalue weighted by atomic mass is 16.5. The number of nitrogens with zero attached hydrogens (tertiary/aromatic N) is 3. The first-order valence-corrected chi connectivity index (χ1v) is 10.0. The van der Waals surface area contributed by atoms with Crippen molar-refractivity contribution in [3.63, 3.8) is 0 Å². The highest BCUT2D eigenvalue weighted by Crippen LogP contribution is 2.33. The lowest BCUT2D eigenvalue weighted by molar-refractivity contribution is -0.140. The number of methoxy groups -OCH3 is 2. The zero-order valence-corrected chi connectivity index (χ0v) is 17.9. The van der Waals surface area contributed by atoms with Gasteiger partial charge in [0.1, 0.15) is 0 Å². The van der Waals surface area contributed by atoms with Crippen molar-refractivity contribution in [3.05, 3.63) is 53.1 Å². The highest BCUT2D eigenvalue weighted by molar-refractivity contribution is 5.96. The molecule has 0 bridgehead atoms. The average molecular weight is 409 g/mol. The van der Waals surface area contributed by atoms with Crippen LogP contribution in [0.4, 0.5) is 0 Å². The van der Waals surface area contributed by atoms with Crippen molar-refractivity contribution in [2.24, 2.45) is 0 Å². The van der Waals surface area contributed by atoms with Crippen LogP contribution < -0.4 is 0 Å². The van der Waals surface area contributed by atoms with Gasteiger partial charge in [-0.1, -0.05) is 6.92 Å². The average Bonchev–Trinajstić information content (AvgIpc) is 3.16. The van der Waals surface area contributed by atoms with E-state index in [0.29, 0.717) is 31.4 Å². The van der Waals surface area contributed by atoms with Gasteiger partial charge in [0, 0.05) is 48.3 Å². The first kappa shape index (κ1) is 21.6. The van der Waals surface area contributed by atoms with Gasteiger partial charge in [-0.3, -0.25) is 14.6 Å². The fourth-order valence-corrected chi connectivity index (χ4v) is 3.65. The number of hydrogen-bond donors (Lipinski definition) is 0. The van der Waals surface area contributed by atoms with Crippen LogP contribution >= 0.6 is 0 Å². The minimum absolute atomic E-state index is 0.0385. The molecular weight excluding hydrogens is 382 g/mol. The molecule has 7 nitrogen and oxygen atoms in total. The summed E-state index contributed by atoms with van der Waals surface area (Å²) >= 11 is 0. The molecule has 0 aliphatic heterocycles. The summed E-state index contributed by atoms with van der Waals surface area (Å²) in [6.45, 7) is 3.96. The van der Waals surface area contributed by atoms with Gasteiger partial charge in [0.2, 0.25) is 0 Å². The first-order chi connectivity index (χ1) is 14.5. The van der Waals surface area contributed by atoms with Crippen LogP contribution in [0.15, 0.2) is 30.6 Å². The van der Waals surface area contributed by atoms with Crippen LogP contribution in [0.2, 0.25) is 0 Å². The number of ketones is 1. The second-order valence-corrected chi connectivity index (χ2v) is 7.16. The van der Waals surface area contributed by atoms with Crippen molar-refractivity contribution >= 4 is 17.3 Å². The minimum atomic E-state index is -0.241. The predicted molar refractivity (Wildman–Crippen MR) is 113 cm³/mol. The molecule has 3 aromatic rings. The van der Waals surface area contributed by atoms with E-state index in [-0.39, 0.29) is 11.8 Å². The van der Waals surface area contributed by atoms with E-state index in [9.17, 15) is 9.59 Å². The molecule has 0 amide bonds. The Morgan fingerprint density at radius 3 is 2.63 bits per heavy atom. The van der Waals surface area contributed by atoms with Crippen molar-refractivity contribution < 1.29 is 19.1 Å². The number of rotatable bonds is 9. The van der Waals surface area contributed by atoms with E-state index in [2.05, 4.69) is 18.0 Å². The molecule has 0 aromatic carbocycles. The maximum atomic E-state index is 11.9. The van der Waals surface area contributed by atoms with Crippen LogP contribution in [0.25, 0.3) is 16.6 Å². The van der Waals surface area contributed by atoms with Crippen LogP contribution in [0.1, 0.15) is 54.0 Å². The quantitative estimate of drug-likeness (QED) is 0.395. The lowest BCUT2D eigenvalue weighted by atomic mass is 9.94. The Kier molecular flexibility index (Phi) is 6.95. The Bertz CT molecular complexity index is 1070. The van der Waals surface area contributed by atoms with E-state index >= 15 is 0 Å². The highest BCUT2D eigenvalue weighted by Gasteiger charge is 2.20. The summed E-state index contributed by atoms with van der Waals surface area (Å²) in [5.41, 5.74) is 6.21. The Balaban J connectivity index is 2.23. The third kappa shape index (κ3) is 4.41. The smallest absolute Gasteiger partial charge is 0.305 e. The number of esters is 1. The van der Waals surface area contributed by atoms with E-state index in [4.69, 9.17) is 14.6 Å². The van der Waals surface area contributed by atoms with Crippen LogP contribution in [0.5, 0.6) is 0 Å². The van der Waals surface area contributed by atoms with Crippen LogP contribution in [0.3, 0.4) is 0 Å². The number of Topliss-reactive ketones (excluding diaryl/α,β-unsaturated/α-hetero) is 1. The molecule has 3 heterocycles. The van der Waals surface area contributed by atoms with Gasteiger partial charge in [-0.05, 0) is 49.9 Å². The number of hydrogen-bond acceptors (Lipinski definition) is 6. The monoisotopic (exact) mass is 409 g/mol. The molecule has 3 rings (SSSR count). The van der Waals surface area contributed by atoms with Crippen LogP contribution in [-0.4, -0.2) is 40.6 Å². The number of aromatic nitrogens is 3. The van der Waals surface area contributed by atoms with E-state index in [1.165, 1.54) is 14.0 Å². The summed E-state index contributed by atoms with van der Waals surface area (Å²) in [5, 5.41) is 4.85. The molecular formula is C23H27N3O4. The summed E-state index contributed by atoms with van der Waals surface area (Å²) in [7, 11) is 3.03. The summed E-state index contributed by atoms with van der Waals surface area (Å²) in [6, 6.07) is 5.97. The van der Waals surface area contributed by atoms with Gasteiger partial charge in [0.25, 0.3) is 0 Å². The molecule has 158 valence electrons. The van der Waals surface area contributed by atoms with Gasteiger partial charge in [0.05, 0.1) is 24.9 Å². The number of ether oxygens (including phenoxy) is 2. The van der Waals surface area contributed by atoms with E-state index in [1.807, 2.05) is 16.6 Å². The Labute approximate surface area is 176 Å². The minimum Gasteiger partial charge on any atom is -0.469 e. The Hall–Kier alpha value is -3.06. The molecule has 0 N–H and O–H groups in total. The van der Waals surface area contributed by atoms with Gasteiger partial charge in [-0.25, -0.2) is 4.52 Å². The largest absolute Gasteiger partial charge is 0.469 e. The van der Waals surface area contributed by atoms with E-state index < -0.39 is 0 Å². The predicted octanol–water partition coefficient (Wildman–Crippen LogP) is 3.80. The molecule has 0 saturated carbocycles. The van der Waals surface area contributed by atoms with Crippen molar-refractivity contribution in [2.45, 2.75) is 46.1 Å². The van der Waals surface area contributed by atoms with Gasteiger partial charge in [-0.2, -0.15) is 5.10 Å². The molecule has 0 atom stereocenters. The van der Waals surface area contributed by atoms with Crippen molar-refractivity contribution in [1.82, 2.24) is 14.6 Å². The molecule has 0 spiro atoms. The SMILES string of the molecule is CCc1ccc2c(-c3cncc(C(C)=O)c3)c(CCCC(=O)OC)c(COC)nn12. The van der Waals surface area contributed by atoms with Crippen molar-refractivity contribution in [2.75, 3.05) is 14.2 Å². The molecule has 0 saturated heterocycles. The standard InChI is InChI=1S/C23H27N3O4/c1-5-18-9-10-21-23(17-11-16(15(2)27)12-24-13-17)19(7-6-8-22(28)30-4)20(14-29-3)25-26(18)21/h9-13H,5-8,14H2,1-4H3. The maximum absolute atomic E-state index is 11.9. The molecule has 30 heavy (non-hydrogen) atoms. The number of fused-ring (bicyclic) bond motifs is 1. The summed E-state index contributed by atoms with van der Waals surface area (Å²) in [4.78, 5) is 27.9. The zero-order valence-electron chi connectivity index (χ0n) is 17.9. The van der Waals surface area contributed by atoms with Crippen LogP contribution in [-0.2, 0) is 33.7 Å². The Morgan fingerprint density at radius 1 is 1.17 bits per heavy atom. The molecule has 7 heteroatoms. The molecule has 0 aliphatic carbocycles. The maximum Gasteiger partial charge on any atom is 0.305 e. The second kappa shape index (κ2) is 9.63. The molecule has 0 fully saturated rings. The summed E-state index contributed by atoms with van der Waals surface area (Å²) < 4.78 is 12.2. The lowest BCUT2D eigenvalue weighted by Gasteiger charge is -2.17. The van der Waals surface area contributed by atoms with Crippen LogP contribution in [0, 0.1) is 0 Å². The third-order valence-electron chi connectivity index (χ3n) is 5.17. The molecule has 3 aromatic heterocycles. The second-order valence-electron chi connectivity index (χ2n) is 7.16. The van der Waals surface area contributed by atoms with Gasteiger partial charge in [-0.15, -0.1) is 0 Å². The number of carbonyl (C=O) groups excluding carboxylic acids is 2. The molecule has 0 unspecified atom stereocenters. The fraction of sp³-hybridized carbons (Fsp3) is 0.391. The van der Waals surface area contributed by atoms with Gasteiger partial charge >= 0.3 is 5.97 Å². The summed E-state index contributed by atoms with van der Waals surface area (Å²) in [5.74, 6) is -0.279. The third-order valence-corrected chi connectivity index (χ3v) is 5.17. The number of carbonyl (C=O) groups is 2. The molecule has 0 aliphatic rings. The summed E-state index contributed by atoms with van der Waals surface area (Å²) in [6.07, 6.45) is 5.74. The van der Waals surface area contributed by atoms with Gasteiger partial charge < -0.3 is 9.47 Å². The fourth-order valence-electron chi connectivity index (χ4n) is 3.65. The van der Waals surface area contributed by atoms with Crippen molar-refractivity contribution in [3.8, 4) is 11.1 Å². The number of aryl methyl sites for hydroxylation is 1. The first-order valence-electron chi connectivity index (χ1n) is 10.0. The zero-order chi connectivity index (χ0) is 21.7. The number of pyridine rings is 1. The van der Waals surface area contributed by atoms with E-state index in [1.54, 1.807) is 19.5 Å².